The average Bonchev–Trinajstić information content (AvgIpc) is 2.80. The van der Waals surface area contributed by atoms with Gasteiger partial charge in [0.05, 0.1) is 18.6 Å². The minimum absolute atomic E-state index is 0.0172. The van der Waals surface area contributed by atoms with Gasteiger partial charge in [-0.25, -0.2) is 12.8 Å². The molecule has 0 saturated heterocycles. The first-order valence-electron chi connectivity index (χ1n) is 12.0. The third kappa shape index (κ3) is 8.51. The van der Waals surface area contributed by atoms with Crippen molar-refractivity contribution in [1.82, 2.24) is 10.2 Å². The van der Waals surface area contributed by atoms with Crippen molar-refractivity contribution in [2.45, 2.75) is 59.2 Å². The minimum atomic E-state index is -3.64. The fourth-order valence-corrected chi connectivity index (χ4v) is 4.67. The highest BCUT2D eigenvalue weighted by molar-refractivity contribution is 7.92. The summed E-state index contributed by atoms with van der Waals surface area (Å²) in [5.74, 6) is -0.565. The zero-order chi connectivity index (χ0) is 26.9. The normalized spacial score (nSPS) is 12.2. The van der Waals surface area contributed by atoms with E-state index in [9.17, 15) is 22.4 Å². The molecule has 10 heteroatoms. The summed E-state index contributed by atoms with van der Waals surface area (Å²) in [5, 5.41) is 2.81. The number of ether oxygens (including phenoxy) is 1. The van der Waals surface area contributed by atoms with Crippen LogP contribution in [-0.4, -0.2) is 56.6 Å². The number of benzene rings is 2. The van der Waals surface area contributed by atoms with E-state index >= 15 is 0 Å². The second-order valence-corrected chi connectivity index (χ2v) is 10.7. The van der Waals surface area contributed by atoms with Gasteiger partial charge in [0, 0.05) is 25.6 Å². The van der Waals surface area contributed by atoms with Crippen LogP contribution in [0.25, 0.3) is 0 Å². The van der Waals surface area contributed by atoms with Crippen LogP contribution in [0.4, 0.5) is 10.1 Å². The predicted molar refractivity (Wildman–Crippen MR) is 139 cm³/mol. The Morgan fingerprint density at radius 3 is 2.28 bits per heavy atom. The van der Waals surface area contributed by atoms with E-state index in [1.807, 2.05) is 20.8 Å². The van der Waals surface area contributed by atoms with Crippen LogP contribution < -0.4 is 14.4 Å². The predicted octanol–water partition coefficient (Wildman–Crippen LogP) is 3.71. The summed E-state index contributed by atoms with van der Waals surface area (Å²) in [7, 11) is -3.64. The van der Waals surface area contributed by atoms with E-state index in [1.165, 1.54) is 21.3 Å². The molecule has 36 heavy (non-hydrogen) atoms. The van der Waals surface area contributed by atoms with Gasteiger partial charge in [-0.05, 0) is 63.9 Å². The van der Waals surface area contributed by atoms with Crippen molar-refractivity contribution in [1.29, 1.82) is 0 Å². The van der Waals surface area contributed by atoms with Crippen LogP contribution in [0.3, 0.4) is 0 Å². The first-order chi connectivity index (χ1) is 16.9. The zero-order valence-electron chi connectivity index (χ0n) is 21.5. The molecule has 0 bridgehead atoms. The molecular formula is C26H36FN3O5S. The van der Waals surface area contributed by atoms with Gasteiger partial charge in [-0.15, -0.1) is 0 Å². The fourth-order valence-electron chi connectivity index (χ4n) is 3.70. The van der Waals surface area contributed by atoms with Gasteiger partial charge in [-0.3, -0.25) is 13.9 Å². The van der Waals surface area contributed by atoms with Crippen molar-refractivity contribution >= 4 is 27.5 Å². The van der Waals surface area contributed by atoms with Crippen molar-refractivity contribution < 1.29 is 27.1 Å². The average molecular weight is 522 g/mol. The summed E-state index contributed by atoms with van der Waals surface area (Å²) in [5.41, 5.74) is 1.08. The van der Waals surface area contributed by atoms with E-state index in [0.717, 1.165) is 6.26 Å². The fraction of sp³-hybridized carbons (Fsp3) is 0.462. The largest absolute Gasteiger partial charge is 0.492 e. The highest BCUT2D eigenvalue weighted by Gasteiger charge is 2.27. The molecule has 1 atom stereocenters. The van der Waals surface area contributed by atoms with E-state index in [2.05, 4.69) is 5.32 Å². The van der Waals surface area contributed by atoms with Crippen LogP contribution >= 0.6 is 0 Å². The lowest BCUT2D eigenvalue weighted by molar-refractivity contribution is -0.140. The molecule has 0 aromatic heterocycles. The molecule has 198 valence electrons. The third-order valence-electron chi connectivity index (χ3n) is 5.45. The van der Waals surface area contributed by atoms with Crippen LogP contribution in [0.5, 0.6) is 5.75 Å². The van der Waals surface area contributed by atoms with Crippen LogP contribution in [0, 0.1) is 5.82 Å². The number of hydrogen-bond donors (Lipinski definition) is 1. The molecular weight excluding hydrogens is 485 g/mol. The molecule has 0 fully saturated rings. The molecule has 0 aliphatic heterocycles. The topological polar surface area (TPSA) is 96.0 Å². The molecule has 0 aliphatic rings. The maximum atomic E-state index is 13.4. The zero-order valence-corrected chi connectivity index (χ0v) is 22.3. The molecule has 0 heterocycles. The van der Waals surface area contributed by atoms with Crippen LogP contribution in [-0.2, 0) is 26.2 Å². The van der Waals surface area contributed by atoms with Crippen molar-refractivity contribution in [3.05, 3.63) is 59.9 Å². The standard InChI is InChI=1S/C26H36FN3O5S/c1-6-35-24-11-8-7-10-23(24)30(36(5,33)34)17-9-12-25(31)29(20(4)26(32)28-19(2)3)18-21-13-15-22(27)16-14-21/h7-8,10-11,13-16,19-20H,6,9,12,17-18H2,1-5H3,(H,28,32). The number of anilines is 1. The molecule has 0 radical (unpaired) electrons. The van der Waals surface area contributed by atoms with Gasteiger partial charge >= 0.3 is 0 Å². The molecule has 0 aliphatic carbocycles. The number of para-hydroxylation sites is 2. The maximum absolute atomic E-state index is 13.4. The first kappa shape index (κ1) is 29.1. The summed E-state index contributed by atoms with van der Waals surface area (Å²) in [6.45, 7) is 7.67. The highest BCUT2D eigenvalue weighted by Crippen LogP contribution is 2.30. The number of carbonyl (C=O) groups excluding carboxylic acids is 2. The van der Waals surface area contributed by atoms with Crippen LogP contribution in [0.1, 0.15) is 46.1 Å². The van der Waals surface area contributed by atoms with E-state index in [4.69, 9.17) is 4.74 Å². The Bertz CT molecular complexity index is 1120. The first-order valence-corrected chi connectivity index (χ1v) is 13.8. The van der Waals surface area contributed by atoms with Gasteiger partial charge in [0.25, 0.3) is 0 Å². The number of halogens is 1. The molecule has 2 rings (SSSR count). The number of carbonyl (C=O) groups is 2. The van der Waals surface area contributed by atoms with Gasteiger partial charge in [0.1, 0.15) is 17.6 Å². The molecule has 1 unspecified atom stereocenters. The summed E-state index contributed by atoms with van der Waals surface area (Å²) >= 11 is 0. The Labute approximate surface area is 213 Å². The van der Waals surface area contributed by atoms with Gasteiger partial charge in [-0.1, -0.05) is 24.3 Å². The smallest absolute Gasteiger partial charge is 0.242 e. The molecule has 1 N–H and O–H groups in total. The lowest BCUT2D eigenvalue weighted by atomic mass is 10.1. The highest BCUT2D eigenvalue weighted by atomic mass is 32.2. The second kappa shape index (κ2) is 13.2. The van der Waals surface area contributed by atoms with Crippen molar-refractivity contribution in [2.24, 2.45) is 0 Å². The quantitative estimate of drug-likeness (QED) is 0.434. The Hall–Kier alpha value is -3.14. The molecule has 0 saturated carbocycles. The molecule has 2 aromatic carbocycles. The van der Waals surface area contributed by atoms with E-state index in [-0.39, 0.29) is 43.8 Å². The molecule has 2 amide bonds. The molecule has 0 spiro atoms. The van der Waals surface area contributed by atoms with Gasteiger partial charge in [-0.2, -0.15) is 0 Å². The third-order valence-corrected chi connectivity index (χ3v) is 6.63. The number of nitrogens with zero attached hydrogens (tertiary/aromatic N) is 2. The Kier molecular flexibility index (Phi) is 10.7. The number of rotatable bonds is 13. The summed E-state index contributed by atoms with van der Waals surface area (Å²) in [6, 6.07) is 11.7. The lowest BCUT2D eigenvalue weighted by Crippen LogP contribution is -2.49. The van der Waals surface area contributed by atoms with Crippen molar-refractivity contribution in [2.75, 3.05) is 23.7 Å². The monoisotopic (exact) mass is 521 g/mol. The van der Waals surface area contributed by atoms with Crippen LogP contribution in [0.2, 0.25) is 0 Å². The summed E-state index contributed by atoms with van der Waals surface area (Å²) in [6.07, 6.45) is 1.35. The molecule has 2 aromatic rings. The number of nitrogens with one attached hydrogen (secondary N) is 1. The van der Waals surface area contributed by atoms with Crippen molar-refractivity contribution in [3.63, 3.8) is 0 Å². The van der Waals surface area contributed by atoms with Crippen molar-refractivity contribution in [3.8, 4) is 5.75 Å². The maximum Gasteiger partial charge on any atom is 0.242 e. The second-order valence-electron chi connectivity index (χ2n) is 8.83. The molecule has 8 nitrogen and oxygen atoms in total. The number of hydrogen-bond acceptors (Lipinski definition) is 5. The van der Waals surface area contributed by atoms with E-state index in [0.29, 0.717) is 23.6 Å². The van der Waals surface area contributed by atoms with Gasteiger partial charge in [0.15, 0.2) is 0 Å². The van der Waals surface area contributed by atoms with E-state index in [1.54, 1.807) is 43.3 Å². The van der Waals surface area contributed by atoms with Gasteiger partial charge < -0.3 is 15.0 Å². The summed E-state index contributed by atoms with van der Waals surface area (Å²) < 4.78 is 45.3. The van der Waals surface area contributed by atoms with Crippen LogP contribution in [0.15, 0.2) is 48.5 Å². The Morgan fingerprint density at radius 2 is 1.69 bits per heavy atom. The minimum Gasteiger partial charge on any atom is -0.492 e. The lowest BCUT2D eigenvalue weighted by Gasteiger charge is -2.30. The number of amides is 2. The summed E-state index contributed by atoms with van der Waals surface area (Å²) in [4.78, 5) is 27.4. The van der Waals surface area contributed by atoms with Gasteiger partial charge in [0.2, 0.25) is 21.8 Å². The Balaban J connectivity index is 2.20. The SMILES string of the molecule is CCOc1ccccc1N(CCCC(=O)N(Cc1ccc(F)cc1)C(C)C(=O)NC(C)C)S(C)(=O)=O. The number of sulfonamides is 1. The Morgan fingerprint density at radius 1 is 1.06 bits per heavy atom. The van der Waals surface area contributed by atoms with E-state index < -0.39 is 21.9 Å².